The van der Waals surface area contributed by atoms with E-state index in [4.69, 9.17) is 0 Å². The maximum absolute atomic E-state index is 11.3. The number of nitrogens with one attached hydrogen (secondary N) is 3. The molecule has 0 aliphatic carbocycles. The third-order valence-electron chi connectivity index (χ3n) is 3.99. The number of carbonyl (C=O) groups is 1. The van der Waals surface area contributed by atoms with Crippen molar-refractivity contribution in [1.29, 1.82) is 0 Å². The third-order valence-corrected chi connectivity index (χ3v) is 3.99. The smallest absolute Gasteiger partial charge is 0.224 e. The summed E-state index contributed by atoms with van der Waals surface area (Å²) in [6, 6.07) is 6.24. The molecule has 4 heteroatoms. The lowest BCUT2D eigenvalue weighted by Crippen LogP contribution is -2.33. The Morgan fingerprint density at radius 2 is 2.26 bits per heavy atom. The summed E-state index contributed by atoms with van der Waals surface area (Å²) in [4.78, 5) is 11.3. The molecule has 0 saturated carbocycles. The van der Waals surface area contributed by atoms with Gasteiger partial charge in [0, 0.05) is 24.3 Å². The summed E-state index contributed by atoms with van der Waals surface area (Å²) < 4.78 is 0. The largest absolute Gasteiger partial charge is 0.385 e. The van der Waals surface area contributed by atoms with Crippen molar-refractivity contribution in [2.75, 3.05) is 30.3 Å². The van der Waals surface area contributed by atoms with Crippen molar-refractivity contribution in [3.63, 3.8) is 0 Å². The van der Waals surface area contributed by atoms with E-state index in [0.29, 0.717) is 6.42 Å². The molecule has 3 rings (SSSR count). The molecule has 2 heterocycles. The SMILES string of the molecule is O=C1CCc2cc(NCC3CCCNC3)ccc2N1. The molecule has 19 heavy (non-hydrogen) atoms. The van der Waals surface area contributed by atoms with Crippen molar-refractivity contribution < 1.29 is 4.79 Å². The molecule has 0 aromatic heterocycles. The van der Waals surface area contributed by atoms with Gasteiger partial charge in [-0.3, -0.25) is 4.79 Å². The van der Waals surface area contributed by atoms with Crippen molar-refractivity contribution in [1.82, 2.24) is 5.32 Å². The zero-order valence-corrected chi connectivity index (χ0v) is 11.2. The molecule has 1 amide bonds. The van der Waals surface area contributed by atoms with E-state index in [2.05, 4.69) is 28.1 Å². The average molecular weight is 259 g/mol. The van der Waals surface area contributed by atoms with Crippen LogP contribution in [0.25, 0.3) is 0 Å². The van der Waals surface area contributed by atoms with E-state index in [1.807, 2.05) is 6.07 Å². The molecule has 1 fully saturated rings. The molecular weight excluding hydrogens is 238 g/mol. The zero-order valence-electron chi connectivity index (χ0n) is 11.2. The molecule has 1 aromatic rings. The number of amides is 1. The first kappa shape index (κ1) is 12.5. The Morgan fingerprint density at radius 1 is 1.32 bits per heavy atom. The number of carbonyl (C=O) groups excluding carboxylic acids is 1. The number of rotatable bonds is 3. The molecule has 0 spiro atoms. The molecule has 1 unspecified atom stereocenters. The molecular formula is C15H21N3O. The van der Waals surface area contributed by atoms with Crippen LogP contribution in [0.5, 0.6) is 0 Å². The lowest BCUT2D eigenvalue weighted by Gasteiger charge is -2.24. The van der Waals surface area contributed by atoms with Gasteiger partial charge >= 0.3 is 0 Å². The van der Waals surface area contributed by atoms with Crippen molar-refractivity contribution in [2.45, 2.75) is 25.7 Å². The maximum atomic E-state index is 11.3. The van der Waals surface area contributed by atoms with E-state index < -0.39 is 0 Å². The van der Waals surface area contributed by atoms with Gasteiger partial charge in [0.2, 0.25) is 5.91 Å². The molecule has 1 saturated heterocycles. The average Bonchev–Trinajstić information content (AvgIpc) is 2.46. The first-order chi connectivity index (χ1) is 9.31. The van der Waals surface area contributed by atoms with Crippen molar-refractivity contribution >= 4 is 17.3 Å². The van der Waals surface area contributed by atoms with Gasteiger partial charge < -0.3 is 16.0 Å². The number of benzene rings is 1. The Morgan fingerprint density at radius 3 is 3.11 bits per heavy atom. The first-order valence-electron chi connectivity index (χ1n) is 7.18. The van der Waals surface area contributed by atoms with Gasteiger partial charge in [0.05, 0.1) is 0 Å². The van der Waals surface area contributed by atoms with Gasteiger partial charge in [0.25, 0.3) is 0 Å². The van der Waals surface area contributed by atoms with Crippen molar-refractivity contribution in [2.24, 2.45) is 5.92 Å². The second-order valence-corrected chi connectivity index (χ2v) is 5.51. The van der Waals surface area contributed by atoms with Crippen molar-refractivity contribution in [3.8, 4) is 0 Å². The minimum absolute atomic E-state index is 0.126. The summed E-state index contributed by atoms with van der Waals surface area (Å²) in [6.45, 7) is 3.31. The van der Waals surface area contributed by atoms with E-state index in [9.17, 15) is 4.79 Å². The van der Waals surface area contributed by atoms with Crippen molar-refractivity contribution in [3.05, 3.63) is 23.8 Å². The standard InChI is InChI=1S/C15H21N3O/c19-15-6-3-12-8-13(4-5-14(12)18-15)17-10-11-2-1-7-16-9-11/h4-5,8,11,16-17H,1-3,6-7,9-10H2,(H,18,19). The van der Waals surface area contributed by atoms with Gasteiger partial charge in [0.15, 0.2) is 0 Å². The van der Waals surface area contributed by atoms with Crippen LogP contribution >= 0.6 is 0 Å². The van der Waals surface area contributed by atoms with E-state index in [1.165, 1.54) is 24.1 Å². The van der Waals surface area contributed by atoms with Gasteiger partial charge in [-0.25, -0.2) is 0 Å². The van der Waals surface area contributed by atoms with E-state index >= 15 is 0 Å². The molecule has 3 N–H and O–H groups in total. The normalized spacial score (nSPS) is 22.5. The van der Waals surface area contributed by atoms with Gasteiger partial charge in [0.1, 0.15) is 0 Å². The summed E-state index contributed by atoms with van der Waals surface area (Å²) in [5, 5.41) is 9.88. The van der Waals surface area contributed by atoms with Crippen LogP contribution in [-0.4, -0.2) is 25.5 Å². The fraction of sp³-hybridized carbons (Fsp3) is 0.533. The Balaban J connectivity index is 1.60. The Labute approximate surface area is 114 Å². The second-order valence-electron chi connectivity index (χ2n) is 5.51. The van der Waals surface area contributed by atoms with Gasteiger partial charge in [-0.15, -0.1) is 0 Å². The Kier molecular flexibility index (Phi) is 3.69. The predicted molar refractivity (Wildman–Crippen MR) is 77.5 cm³/mol. The lowest BCUT2D eigenvalue weighted by atomic mass is 9.99. The molecule has 102 valence electrons. The van der Waals surface area contributed by atoms with Crippen LogP contribution in [0, 0.1) is 5.92 Å². The van der Waals surface area contributed by atoms with Crippen LogP contribution in [-0.2, 0) is 11.2 Å². The monoisotopic (exact) mass is 259 g/mol. The van der Waals surface area contributed by atoms with Gasteiger partial charge in [-0.1, -0.05) is 0 Å². The van der Waals surface area contributed by atoms with Gasteiger partial charge in [-0.2, -0.15) is 0 Å². The molecule has 1 atom stereocenters. The fourth-order valence-corrected chi connectivity index (χ4v) is 2.85. The van der Waals surface area contributed by atoms with Crippen LogP contribution in [0.1, 0.15) is 24.8 Å². The molecule has 0 bridgehead atoms. The number of hydrogen-bond donors (Lipinski definition) is 3. The Bertz CT molecular complexity index is 466. The molecule has 2 aliphatic heterocycles. The van der Waals surface area contributed by atoms with Crippen LogP contribution < -0.4 is 16.0 Å². The highest BCUT2D eigenvalue weighted by Crippen LogP contribution is 2.26. The molecule has 1 aromatic carbocycles. The van der Waals surface area contributed by atoms with E-state index in [-0.39, 0.29) is 5.91 Å². The second kappa shape index (κ2) is 5.61. The summed E-state index contributed by atoms with van der Waals surface area (Å²) in [7, 11) is 0. The maximum Gasteiger partial charge on any atom is 0.224 e. The summed E-state index contributed by atoms with van der Waals surface area (Å²) >= 11 is 0. The highest BCUT2D eigenvalue weighted by Gasteiger charge is 2.16. The van der Waals surface area contributed by atoms with Crippen LogP contribution in [0.15, 0.2) is 18.2 Å². The number of aryl methyl sites for hydroxylation is 1. The number of fused-ring (bicyclic) bond motifs is 1. The van der Waals surface area contributed by atoms with Gasteiger partial charge in [-0.05, 0) is 62.0 Å². The van der Waals surface area contributed by atoms with Crippen LogP contribution in [0.2, 0.25) is 0 Å². The molecule has 4 nitrogen and oxygen atoms in total. The molecule has 2 aliphatic rings. The van der Waals surface area contributed by atoms with Crippen LogP contribution in [0.3, 0.4) is 0 Å². The topological polar surface area (TPSA) is 53.2 Å². The number of hydrogen-bond acceptors (Lipinski definition) is 3. The minimum atomic E-state index is 0.126. The fourth-order valence-electron chi connectivity index (χ4n) is 2.85. The zero-order chi connectivity index (χ0) is 13.1. The Hall–Kier alpha value is -1.55. The number of anilines is 2. The predicted octanol–water partition coefficient (Wildman–Crippen LogP) is 1.98. The lowest BCUT2D eigenvalue weighted by molar-refractivity contribution is -0.116. The summed E-state index contributed by atoms with van der Waals surface area (Å²) in [5.74, 6) is 0.853. The highest BCUT2D eigenvalue weighted by molar-refractivity contribution is 5.94. The first-order valence-corrected chi connectivity index (χ1v) is 7.18. The molecule has 0 radical (unpaired) electrons. The summed E-state index contributed by atoms with van der Waals surface area (Å²) in [5.41, 5.74) is 3.38. The minimum Gasteiger partial charge on any atom is -0.385 e. The highest BCUT2D eigenvalue weighted by atomic mass is 16.1. The van der Waals surface area contributed by atoms with E-state index in [1.54, 1.807) is 0 Å². The quantitative estimate of drug-likeness (QED) is 0.778. The number of piperidine rings is 1. The summed E-state index contributed by atoms with van der Waals surface area (Å²) in [6.07, 6.45) is 4.04. The van der Waals surface area contributed by atoms with E-state index in [0.717, 1.165) is 37.7 Å². The third kappa shape index (κ3) is 3.07. The van der Waals surface area contributed by atoms with Crippen LogP contribution in [0.4, 0.5) is 11.4 Å².